The largest absolute Gasteiger partial charge is 0.357 e. The SMILES string of the molecule is CCNC(=NCC(c1ccccc1)c1ccccc1)NCCc1noc(-c2ccccn2)n1.I. The summed E-state index contributed by atoms with van der Waals surface area (Å²) >= 11 is 0. The molecule has 176 valence electrons. The lowest BCUT2D eigenvalue weighted by Gasteiger charge is -2.17. The van der Waals surface area contributed by atoms with Crippen molar-refractivity contribution in [2.24, 2.45) is 4.99 Å². The minimum Gasteiger partial charge on any atom is -0.357 e. The van der Waals surface area contributed by atoms with Crippen molar-refractivity contribution in [3.05, 3.63) is 102 Å². The first-order valence-electron chi connectivity index (χ1n) is 11.2. The monoisotopic (exact) mass is 568 g/mol. The van der Waals surface area contributed by atoms with Crippen LogP contribution in [-0.4, -0.2) is 40.7 Å². The second-order valence-electron chi connectivity index (χ2n) is 7.50. The fourth-order valence-electron chi connectivity index (χ4n) is 3.54. The molecular weight excluding hydrogens is 539 g/mol. The van der Waals surface area contributed by atoms with E-state index in [9.17, 15) is 0 Å². The van der Waals surface area contributed by atoms with E-state index in [2.05, 4.69) is 81.2 Å². The standard InChI is InChI=1S/C26H28N6O.HI/c1-2-27-26(29-18-16-24-31-25(33-32-24)23-15-9-10-17-28-23)30-19-22(20-11-5-3-6-12-20)21-13-7-4-8-14-21;/h3-15,17,22H,2,16,18-19H2,1H3,(H2,27,29,30);1H. The van der Waals surface area contributed by atoms with Crippen LogP contribution >= 0.6 is 24.0 Å². The van der Waals surface area contributed by atoms with Crippen molar-refractivity contribution in [1.29, 1.82) is 0 Å². The number of aromatic nitrogens is 3. The smallest absolute Gasteiger partial charge is 0.276 e. The molecule has 2 aromatic carbocycles. The number of rotatable bonds is 9. The highest BCUT2D eigenvalue weighted by Crippen LogP contribution is 2.24. The summed E-state index contributed by atoms with van der Waals surface area (Å²) in [6.07, 6.45) is 2.32. The van der Waals surface area contributed by atoms with E-state index < -0.39 is 0 Å². The summed E-state index contributed by atoms with van der Waals surface area (Å²) in [5.74, 6) is 2.01. The second-order valence-corrected chi connectivity index (χ2v) is 7.50. The average Bonchev–Trinajstić information content (AvgIpc) is 3.35. The van der Waals surface area contributed by atoms with Crippen molar-refractivity contribution >= 4 is 29.9 Å². The Balaban J connectivity index is 0.00000324. The molecule has 0 radical (unpaired) electrons. The van der Waals surface area contributed by atoms with Crippen LogP contribution in [0.5, 0.6) is 0 Å². The van der Waals surface area contributed by atoms with Gasteiger partial charge in [-0.2, -0.15) is 4.98 Å². The van der Waals surface area contributed by atoms with Gasteiger partial charge in [0, 0.05) is 31.6 Å². The third-order valence-corrected chi connectivity index (χ3v) is 5.17. The summed E-state index contributed by atoms with van der Waals surface area (Å²) in [5, 5.41) is 10.8. The first kappa shape index (κ1) is 25.4. The van der Waals surface area contributed by atoms with Crippen LogP contribution < -0.4 is 10.6 Å². The third-order valence-electron chi connectivity index (χ3n) is 5.17. The molecule has 2 heterocycles. The number of guanidine groups is 1. The van der Waals surface area contributed by atoms with Crippen LogP contribution in [0, 0.1) is 0 Å². The van der Waals surface area contributed by atoms with Crippen LogP contribution in [0.1, 0.15) is 29.8 Å². The normalized spacial score (nSPS) is 11.2. The molecule has 0 fully saturated rings. The van der Waals surface area contributed by atoms with Gasteiger partial charge in [-0.1, -0.05) is 71.9 Å². The van der Waals surface area contributed by atoms with Crippen molar-refractivity contribution in [3.8, 4) is 11.6 Å². The molecule has 0 aliphatic rings. The van der Waals surface area contributed by atoms with Crippen LogP contribution in [0.15, 0.2) is 94.6 Å². The van der Waals surface area contributed by atoms with Crippen molar-refractivity contribution in [3.63, 3.8) is 0 Å². The van der Waals surface area contributed by atoms with Gasteiger partial charge >= 0.3 is 0 Å². The van der Waals surface area contributed by atoms with Gasteiger partial charge in [-0.05, 0) is 30.2 Å². The number of nitrogens with one attached hydrogen (secondary N) is 2. The molecular formula is C26H29IN6O. The van der Waals surface area contributed by atoms with E-state index in [0.717, 1.165) is 12.5 Å². The number of aliphatic imine (C=N–C) groups is 1. The lowest BCUT2D eigenvalue weighted by atomic mass is 9.91. The third kappa shape index (κ3) is 7.11. The first-order chi connectivity index (χ1) is 16.3. The van der Waals surface area contributed by atoms with E-state index in [0.29, 0.717) is 36.9 Å². The summed E-state index contributed by atoms with van der Waals surface area (Å²) < 4.78 is 5.34. The van der Waals surface area contributed by atoms with E-state index in [4.69, 9.17) is 9.52 Å². The molecule has 0 saturated carbocycles. The Hall–Kier alpha value is -3.27. The molecule has 0 bridgehead atoms. The average molecular weight is 568 g/mol. The second kappa shape index (κ2) is 13.4. The Morgan fingerprint density at radius 3 is 2.21 bits per heavy atom. The highest BCUT2D eigenvalue weighted by Gasteiger charge is 2.14. The lowest BCUT2D eigenvalue weighted by Crippen LogP contribution is -2.38. The number of nitrogens with zero attached hydrogens (tertiary/aromatic N) is 4. The number of halogens is 1. The molecule has 0 aliphatic carbocycles. The van der Waals surface area contributed by atoms with E-state index in [1.807, 2.05) is 30.3 Å². The number of hydrogen-bond donors (Lipinski definition) is 2. The minimum atomic E-state index is 0. The predicted molar refractivity (Wildman–Crippen MR) is 145 cm³/mol. The molecule has 0 unspecified atom stereocenters. The van der Waals surface area contributed by atoms with Crippen LogP contribution in [-0.2, 0) is 6.42 Å². The van der Waals surface area contributed by atoms with Gasteiger partial charge in [0.15, 0.2) is 11.8 Å². The van der Waals surface area contributed by atoms with Crippen molar-refractivity contribution < 1.29 is 4.52 Å². The van der Waals surface area contributed by atoms with Gasteiger partial charge in [-0.3, -0.25) is 9.98 Å². The fraction of sp³-hybridized carbons (Fsp3) is 0.231. The molecule has 0 aliphatic heterocycles. The van der Waals surface area contributed by atoms with E-state index in [1.165, 1.54) is 11.1 Å². The van der Waals surface area contributed by atoms with Crippen molar-refractivity contribution in [2.75, 3.05) is 19.6 Å². The van der Waals surface area contributed by atoms with Gasteiger partial charge in [0.25, 0.3) is 5.89 Å². The molecule has 34 heavy (non-hydrogen) atoms. The molecule has 8 heteroatoms. The van der Waals surface area contributed by atoms with Crippen LogP contribution in [0.3, 0.4) is 0 Å². The molecule has 0 atom stereocenters. The van der Waals surface area contributed by atoms with Crippen LogP contribution in [0.4, 0.5) is 0 Å². The molecule has 7 nitrogen and oxygen atoms in total. The zero-order chi connectivity index (χ0) is 22.7. The number of hydrogen-bond acceptors (Lipinski definition) is 5. The maximum Gasteiger partial charge on any atom is 0.276 e. The summed E-state index contributed by atoms with van der Waals surface area (Å²) in [5.41, 5.74) is 3.17. The van der Waals surface area contributed by atoms with Crippen LogP contribution in [0.25, 0.3) is 11.6 Å². The zero-order valence-corrected chi connectivity index (χ0v) is 21.4. The maximum atomic E-state index is 5.34. The highest BCUT2D eigenvalue weighted by atomic mass is 127. The Bertz CT molecular complexity index is 1100. The fourth-order valence-corrected chi connectivity index (χ4v) is 3.54. The van der Waals surface area contributed by atoms with Gasteiger partial charge in [0.2, 0.25) is 0 Å². The molecule has 0 spiro atoms. The molecule has 2 aromatic heterocycles. The number of benzene rings is 2. The Labute approximate surface area is 217 Å². The van der Waals surface area contributed by atoms with E-state index in [1.54, 1.807) is 6.20 Å². The quantitative estimate of drug-likeness (QED) is 0.173. The van der Waals surface area contributed by atoms with Crippen LogP contribution in [0.2, 0.25) is 0 Å². The molecule has 2 N–H and O–H groups in total. The molecule has 0 amide bonds. The summed E-state index contributed by atoms with van der Waals surface area (Å²) in [6.45, 7) is 4.10. The lowest BCUT2D eigenvalue weighted by molar-refractivity contribution is 0.421. The first-order valence-corrected chi connectivity index (χ1v) is 11.2. The number of pyridine rings is 1. The topological polar surface area (TPSA) is 88.2 Å². The van der Waals surface area contributed by atoms with Gasteiger partial charge < -0.3 is 15.2 Å². The van der Waals surface area contributed by atoms with Crippen molar-refractivity contribution in [1.82, 2.24) is 25.8 Å². The Kier molecular flexibility index (Phi) is 10.0. The van der Waals surface area contributed by atoms with Gasteiger partial charge in [0.05, 0.1) is 6.54 Å². The predicted octanol–water partition coefficient (Wildman–Crippen LogP) is 4.68. The van der Waals surface area contributed by atoms with Gasteiger partial charge in [0.1, 0.15) is 5.69 Å². The molecule has 4 aromatic rings. The van der Waals surface area contributed by atoms with Gasteiger partial charge in [-0.25, -0.2) is 0 Å². The highest BCUT2D eigenvalue weighted by molar-refractivity contribution is 14.0. The molecule has 4 rings (SSSR count). The summed E-state index contributed by atoms with van der Waals surface area (Å²) in [7, 11) is 0. The summed E-state index contributed by atoms with van der Waals surface area (Å²) in [6, 6.07) is 26.6. The van der Waals surface area contributed by atoms with Gasteiger partial charge in [-0.15, -0.1) is 24.0 Å². The minimum absolute atomic E-state index is 0. The Morgan fingerprint density at radius 1 is 0.912 bits per heavy atom. The Morgan fingerprint density at radius 2 is 1.59 bits per heavy atom. The summed E-state index contributed by atoms with van der Waals surface area (Å²) in [4.78, 5) is 13.6. The van der Waals surface area contributed by atoms with Crippen molar-refractivity contribution in [2.45, 2.75) is 19.3 Å². The molecule has 0 saturated heterocycles. The van der Waals surface area contributed by atoms with E-state index in [-0.39, 0.29) is 29.9 Å². The maximum absolute atomic E-state index is 5.34. The van der Waals surface area contributed by atoms with E-state index >= 15 is 0 Å². The zero-order valence-electron chi connectivity index (χ0n) is 19.1.